The van der Waals surface area contributed by atoms with E-state index in [9.17, 15) is 30.0 Å². The normalized spacial score (nSPS) is 48.6. The van der Waals surface area contributed by atoms with Crippen molar-refractivity contribution in [3.8, 4) is 0 Å². The number of hydrogen-bond acceptors (Lipinski definition) is 13. The molecule has 0 unspecified atom stereocenters. The Kier molecular flexibility index (Phi) is 15.0. The molecule has 2 spiro atoms. The quantitative estimate of drug-likeness (QED) is 0.154. The summed E-state index contributed by atoms with van der Waals surface area (Å²) < 4.78 is 54.1. The molecule has 0 aromatic rings. The minimum Gasteiger partial charge on any atom is -0.481 e. The highest BCUT2D eigenvalue weighted by atomic mass is 16.8. The summed E-state index contributed by atoms with van der Waals surface area (Å²) in [6, 6.07) is 0. The minimum absolute atomic E-state index is 0.0248. The second-order valence-electron chi connectivity index (χ2n) is 20.6. The lowest BCUT2D eigenvalue weighted by Gasteiger charge is -2.52. The molecular weight excluding hydrogens is 789 g/mol. The first-order valence-corrected chi connectivity index (χ1v) is 23.2. The van der Waals surface area contributed by atoms with Crippen molar-refractivity contribution < 1.29 is 67.9 Å². The summed E-state index contributed by atoms with van der Waals surface area (Å²) in [6.07, 6.45) is 2.84. The highest BCUT2D eigenvalue weighted by Crippen LogP contribution is 2.57. The maximum atomic E-state index is 13.4. The number of carboxylic acid groups (broad SMARTS) is 1. The fraction of sp³-hybridized carbons (Fsp3) is 0.915. The van der Waals surface area contributed by atoms with E-state index in [1.807, 2.05) is 40.7 Å². The van der Waals surface area contributed by atoms with Gasteiger partial charge < -0.3 is 58.3 Å². The molecule has 6 fully saturated rings. The van der Waals surface area contributed by atoms with Crippen LogP contribution < -0.4 is 0 Å². The Balaban J connectivity index is 1.27. The second kappa shape index (κ2) is 18.7. The summed E-state index contributed by atoms with van der Waals surface area (Å²) in [7, 11) is 1.69. The molecule has 0 saturated carbocycles. The standard InChI is InChI=1S/C47H78O14/c1-24(40(50)25(2)18-28(5)43(51)52)17-26(3)41-32(9)34(49)21-45(59-41)22-38(56-39-16-14-35(54-12)33(10)55-39)44(11,61-45)37-15-13-29(6)47(58-37)31(8)20-36(57-47)42-27(4)19-30(7)46(53,23-48)60-42/h17,25-39,41-42,48-49,53H,13-16,18-23H2,1-12H3,(H,51,52)/b24-17+/t25-,26+,27-,28+,29-,30+,31+,32-,33-,34+,35+,36-,37-,38-,39+,41-,42-,44-,45+,46-,47-/m1/s1. The average molecular weight is 867 g/mol. The molecule has 0 aliphatic carbocycles. The van der Waals surface area contributed by atoms with Gasteiger partial charge in [-0.15, -0.1) is 0 Å². The molecule has 14 nitrogen and oxygen atoms in total. The van der Waals surface area contributed by atoms with E-state index in [1.54, 1.807) is 27.9 Å². The van der Waals surface area contributed by atoms with Crippen molar-refractivity contribution in [1.82, 2.24) is 0 Å². The van der Waals surface area contributed by atoms with Crippen LogP contribution in [0.1, 0.15) is 134 Å². The molecule has 0 aromatic heterocycles. The highest BCUT2D eigenvalue weighted by molar-refractivity contribution is 5.96. The van der Waals surface area contributed by atoms with E-state index in [2.05, 4.69) is 20.8 Å². The molecule has 6 heterocycles. The number of allylic oxidation sites excluding steroid dienone is 1. The Bertz CT molecular complexity index is 1570. The summed E-state index contributed by atoms with van der Waals surface area (Å²) >= 11 is 0. The van der Waals surface area contributed by atoms with E-state index in [4.69, 9.17) is 37.9 Å². The van der Waals surface area contributed by atoms with Gasteiger partial charge in [0.25, 0.3) is 0 Å². The Morgan fingerprint density at radius 1 is 0.885 bits per heavy atom. The molecule has 0 amide bonds. The van der Waals surface area contributed by atoms with Gasteiger partial charge in [-0.3, -0.25) is 9.59 Å². The van der Waals surface area contributed by atoms with E-state index in [0.29, 0.717) is 37.7 Å². The van der Waals surface area contributed by atoms with E-state index in [0.717, 1.165) is 12.8 Å². The fourth-order valence-electron chi connectivity index (χ4n) is 11.8. The molecule has 350 valence electrons. The van der Waals surface area contributed by atoms with Gasteiger partial charge in [0, 0.05) is 61.9 Å². The van der Waals surface area contributed by atoms with Gasteiger partial charge in [-0.2, -0.15) is 0 Å². The molecule has 6 saturated heterocycles. The van der Waals surface area contributed by atoms with Gasteiger partial charge in [-0.25, -0.2) is 0 Å². The molecular formula is C47H78O14. The summed E-state index contributed by atoms with van der Waals surface area (Å²) in [4.78, 5) is 24.9. The summed E-state index contributed by atoms with van der Waals surface area (Å²) in [5.41, 5.74) is -0.548. The third-order valence-corrected chi connectivity index (χ3v) is 15.8. The Labute approximate surface area is 363 Å². The van der Waals surface area contributed by atoms with E-state index in [1.165, 1.54) is 0 Å². The number of Topliss-reactive ketones (excluding diaryl/α,β-unsaturated/α-hetero) is 1. The van der Waals surface area contributed by atoms with Gasteiger partial charge >= 0.3 is 5.97 Å². The number of hydrogen-bond donors (Lipinski definition) is 4. The number of ether oxygens (including phenoxy) is 8. The third kappa shape index (κ3) is 9.57. The predicted octanol–water partition coefficient (Wildman–Crippen LogP) is 6.15. The van der Waals surface area contributed by atoms with Crippen molar-refractivity contribution in [2.24, 2.45) is 47.3 Å². The van der Waals surface area contributed by atoms with Gasteiger partial charge in [-0.1, -0.05) is 61.5 Å². The number of aliphatic carboxylic acids is 1. The number of aliphatic hydroxyl groups is 3. The van der Waals surface area contributed by atoms with Crippen LogP contribution in [0.4, 0.5) is 0 Å². The van der Waals surface area contributed by atoms with Crippen LogP contribution in [-0.2, 0) is 47.5 Å². The number of methoxy groups -OCH3 is 1. The molecule has 21 atom stereocenters. The predicted molar refractivity (Wildman–Crippen MR) is 224 cm³/mol. The smallest absolute Gasteiger partial charge is 0.306 e. The molecule has 61 heavy (non-hydrogen) atoms. The fourth-order valence-corrected chi connectivity index (χ4v) is 11.8. The number of carbonyl (C=O) groups is 2. The summed E-state index contributed by atoms with van der Waals surface area (Å²) in [6.45, 7) is 20.9. The molecule has 0 radical (unpaired) electrons. The first kappa shape index (κ1) is 48.9. The Hall–Kier alpha value is -1.56. The van der Waals surface area contributed by atoms with Crippen molar-refractivity contribution in [2.45, 2.75) is 212 Å². The Morgan fingerprint density at radius 2 is 1.59 bits per heavy atom. The van der Waals surface area contributed by atoms with Crippen LogP contribution in [0.2, 0.25) is 0 Å². The van der Waals surface area contributed by atoms with E-state index in [-0.39, 0.29) is 72.4 Å². The lowest BCUT2D eigenvalue weighted by atomic mass is 9.77. The lowest BCUT2D eigenvalue weighted by molar-refractivity contribution is -0.378. The SMILES string of the molecule is CO[C@H]1CC[C@H](O[C@@H]2C[C@]3(C[C@H](O)[C@@H](C)[C@@H]([C@@H](C)/C=C(\C)C(=O)[C@H](C)C[C@H](C)C(=O)O)O3)O[C@]2(C)[C@H]2CC[C@@H](C)[C@@]3(O[C@@H]([C@@H]4O[C@](O)(CO)[C@@H](C)C[C@H]4C)C[C@@H]3C)O2)O[C@@H]1C. The zero-order valence-corrected chi connectivity index (χ0v) is 38.8. The van der Waals surface area contributed by atoms with Crippen molar-refractivity contribution in [2.75, 3.05) is 13.7 Å². The molecule has 0 bridgehead atoms. The number of carboxylic acids is 1. The van der Waals surface area contributed by atoms with Crippen LogP contribution in [-0.4, -0.2) is 124 Å². The topological polar surface area (TPSA) is 189 Å². The van der Waals surface area contributed by atoms with Crippen LogP contribution in [0.25, 0.3) is 0 Å². The van der Waals surface area contributed by atoms with Crippen LogP contribution in [0.5, 0.6) is 0 Å². The van der Waals surface area contributed by atoms with Gasteiger partial charge in [-0.05, 0) is 70.8 Å². The molecule has 6 rings (SSSR count). The average Bonchev–Trinajstić information content (AvgIpc) is 3.67. The van der Waals surface area contributed by atoms with Crippen LogP contribution in [0, 0.1) is 47.3 Å². The molecule has 6 aliphatic rings. The minimum atomic E-state index is -1.65. The maximum absolute atomic E-state index is 13.4. The lowest BCUT2D eigenvalue weighted by Crippen LogP contribution is -2.61. The van der Waals surface area contributed by atoms with Crippen molar-refractivity contribution in [3.63, 3.8) is 0 Å². The number of aliphatic hydroxyl groups excluding tert-OH is 2. The van der Waals surface area contributed by atoms with Gasteiger partial charge in [0.15, 0.2) is 29.4 Å². The van der Waals surface area contributed by atoms with Crippen molar-refractivity contribution in [1.29, 1.82) is 0 Å². The molecule has 6 aliphatic heterocycles. The van der Waals surface area contributed by atoms with E-state index >= 15 is 0 Å². The second-order valence-corrected chi connectivity index (χ2v) is 20.6. The molecule has 14 heteroatoms. The molecule has 0 aromatic carbocycles. The number of ketones is 1. The maximum Gasteiger partial charge on any atom is 0.306 e. The summed E-state index contributed by atoms with van der Waals surface area (Å²) in [5, 5.41) is 42.6. The van der Waals surface area contributed by atoms with Crippen LogP contribution in [0.15, 0.2) is 11.6 Å². The number of carbonyl (C=O) groups excluding carboxylic acids is 1. The van der Waals surface area contributed by atoms with Crippen LogP contribution in [0.3, 0.4) is 0 Å². The third-order valence-electron chi connectivity index (χ3n) is 15.8. The van der Waals surface area contributed by atoms with Gasteiger partial charge in [0.2, 0.25) is 0 Å². The van der Waals surface area contributed by atoms with Gasteiger partial charge in [0.1, 0.15) is 5.60 Å². The van der Waals surface area contributed by atoms with Crippen LogP contribution >= 0.6 is 0 Å². The zero-order chi connectivity index (χ0) is 45.0. The van der Waals surface area contributed by atoms with Crippen molar-refractivity contribution in [3.05, 3.63) is 11.6 Å². The monoisotopic (exact) mass is 867 g/mol. The Morgan fingerprint density at radius 3 is 2.23 bits per heavy atom. The largest absolute Gasteiger partial charge is 0.481 e. The first-order valence-electron chi connectivity index (χ1n) is 23.2. The zero-order valence-electron chi connectivity index (χ0n) is 38.8. The number of rotatable bonds is 13. The molecule has 4 N–H and O–H groups in total. The first-order chi connectivity index (χ1) is 28.5. The summed E-state index contributed by atoms with van der Waals surface area (Å²) in [5.74, 6) is -6.78. The van der Waals surface area contributed by atoms with E-state index < -0.39 is 84.2 Å². The van der Waals surface area contributed by atoms with Gasteiger partial charge in [0.05, 0.1) is 61.4 Å². The van der Waals surface area contributed by atoms with Crippen molar-refractivity contribution >= 4 is 11.8 Å². The highest BCUT2D eigenvalue weighted by Gasteiger charge is 2.66.